The lowest BCUT2D eigenvalue weighted by Crippen LogP contribution is -2.37. The summed E-state index contributed by atoms with van der Waals surface area (Å²) in [5, 5.41) is 0.630. The topological polar surface area (TPSA) is 53.5 Å². The lowest BCUT2D eigenvalue weighted by molar-refractivity contribution is -0.124. The van der Waals surface area contributed by atoms with Gasteiger partial charge in [0.15, 0.2) is 5.13 Å². The molecular formula is C27H24FN3O2S. The van der Waals surface area contributed by atoms with Gasteiger partial charge in [0.25, 0.3) is 0 Å². The molecule has 0 aliphatic carbocycles. The second-order valence-electron chi connectivity index (χ2n) is 8.72. The molecule has 0 saturated carbocycles. The molecule has 1 aliphatic rings. The summed E-state index contributed by atoms with van der Waals surface area (Å²) in [7, 11) is 0. The van der Waals surface area contributed by atoms with E-state index < -0.39 is 5.92 Å². The van der Waals surface area contributed by atoms with E-state index in [2.05, 4.69) is 13.0 Å². The molecule has 0 spiro atoms. The summed E-state index contributed by atoms with van der Waals surface area (Å²) in [5.41, 5.74) is 4.72. The molecule has 4 aromatic rings. The molecule has 2 heterocycles. The molecule has 5 rings (SSSR count). The number of rotatable bonds is 5. The molecule has 1 aliphatic heterocycles. The number of hydrogen-bond donors (Lipinski definition) is 0. The standard InChI is InChI=1S/C27H24FN3O2S/c1-17-12-18(2)25-23(13-17)29-27(34-25)31(15-19-6-4-3-5-7-19)26(33)20-14-24(32)30(16-20)22-10-8-21(28)9-11-22/h3-13,20H,14-16H2,1-2H3. The Bertz CT molecular complexity index is 1370. The van der Waals surface area contributed by atoms with Crippen LogP contribution in [0.1, 0.15) is 23.1 Å². The van der Waals surface area contributed by atoms with E-state index in [0.29, 0.717) is 17.4 Å². The van der Waals surface area contributed by atoms with Crippen molar-refractivity contribution in [2.24, 2.45) is 5.92 Å². The van der Waals surface area contributed by atoms with Crippen LogP contribution in [-0.4, -0.2) is 23.3 Å². The van der Waals surface area contributed by atoms with Crippen LogP contribution in [-0.2, 0) is 16.1 Å². The zero-order valence-electron chi connectivity index (χ0n) is 19.0. The summed E-state index contributed by atoms with van der Waals surface area (Å²) < 4.78 is 14.4. The van der Waals surface area contributed by atoms with Gasteiger partial charge in [-0.25, -0.2) is 9.37 Å². The maximum absolute atomic E-state index is 13.8. The zero-order valence-corrected chi connectivity index (χ0v) is 19.8. The van der Waals surface area contributed by atoms with Gasteiger partial charge in [0.2, 0.25) is 11.8 Å². The van der Waals surface area contributed by atoms with E-state index in [1.54, 1.807) is 21.9 Å². The Hall–Kier alpha value is -3.58. The molecule has 0 bridgehead atoms. The number of thiazole rings is 1. The average Bonchev–Trinajstić information content (AvgIpc) is 3.42. The summed E-state index contributed by atoms with van der Waals surface area (Å²) >= 11 is 1.50. The maximum atomic E-state index is 13.8. The van der Waals surface area contributed by atoms with Crippen molar-refractivity contribution in [3.63, 3.8) is 0 Å². The van der Waals surface area contributed by atoms with Crippen molar-refractivity contribution in [1.82, 2.24) is 4.98 Å². The Balaban J connectivity index is 1.48. The van der Waals surface area contributed by atoms with Gasteiger partial charge < -0.3 is 4.90 Å². The Morgan fingerprint density at radius 1 is 1.12 bits per heavy atom. The van der Waals surface area contributed by atoms with Gasteiger partial charge >= 0.3 is 0 Å². The number of halogens is 1. The summed E-state index contributed by atoms with van der Waals surface area (Å²) in [6.07, 6.45) is 0.116. The molecule has 1 unspecified atom stereocenters. The molecule has 5 nitrogen and oxygen atoms in total. The first-order valence-corrected chi connectivity index (χ1v) is 12.0. The van der Waals surface area contributed by atoms with Crippen molar-refractivity contribution in [1.29, 1.82) is 0 Å². The Kier molecular flexibility index (Phi) is 5.87. The van der Waals surface area contributed by atoms with Gasteiger partial charge in [-0.3, -0.25) is 14.5 Å². The summed E-state index contributed by atoms with van der Waals surface area (Å²) in [4.78, 5) is 34.7. The molecule has 172 valence electrons. The largest absolute Gasteiger partial charge is 0.312 e. The molecular weight excluding hydrogens is 449 g/mol. The molecule has 1 saturated heterocycles. The van der Waals surface area contributed by atoms with Gasteiger partial charge in [0.05, 0.1) is 22.7 Å². The number of carbonyl (C=O) groups is 2. The Labute approximate surface area is 201 Å². The first-order valence-electron chi connectivity index (χ1n) is 11.2. The normalized spacial score (nSPS) is 15.8. The highest BCUT2D eigenvalue weighted by atomic mass is 32.1. The van der Waals surface area contributed by atoms with Crippen LogP contribution in [0.15, 0.2) is 66.7 Å². The lowest BCUT2D eigenvalue weighted by atomic mass is 10.1. The van der Waals surface area contributed by atoms with Gasteiger partial charge in [-0.1, -0.05) is 47.7 Å². The predicted octanol–water partition coefficient (Wildman–Crippen LogP) is 5.64. The molecule has 3 aromatic carbocycles. The van der Waals surface area contributed by atoms with Gasteiger partial charge in [-0.2, -0.15) is 0 Å². The number of carbonyl (C=O) groups excluding carboxylic acids is 2. The van der Waals surface area contributed by atoms with E-state index in [1.165, 1.54) is 23.5 Å². The van der Waals surface area contributed by atoms with Crippen LogP contribution in [0, 0.1) is 25.6 Å². The fourth-order valence-corrected chi connectivity index (χ4v) is 5.47. The summed E-state index contributed by atoms with van der Waals surface area (Å²) in [6, 6.07) is 19.7. The van der Waals surface area contributed by atoms with E-state index in [1.807, 2.05) is 43.3 Å². The second-order valence-corrected chi connectivity index (χ2v) is 9.70. The highest BCUT2D eigenvalue weighted by Crippen LogP contribution is 2.35. The molecule has 1 atom stereocenters. The van der Waals surface area contributed by atoms with Crippen LogP contribution in [0.25, 0.3) is 10.2 Å². The second kappa shape index (κ2) is 8.99. The minimum Gasteiger partial charge on any atom is -0.312 e. The number of amides is 2. The fraction of sp³-hybridized carbons (Fsp3) is 0.222. The van der Waals surface area contributed by atoms with E-state index in [0.717, 1.165) is 26.9 Å². The Morgan fingerprint density at radius 2 is 1.85 bits per heavy atom. The van der Waals surface area contributed by atoms with Gasteiger partial charge in [0.1, 0.15) is 5.82 Å². The number of nitrogens with zero attached hydrogens (tertiary/aromatic N) is 3. The van der Waals surface area contributed by atoms with Crippen molar-refractivity contribution in [2.75, 3.05) is 16.3 Å². The smallest absolute Gasteiger partial charge is 0.234 e. The van der Waals surface area contributed by atoms with Gasteiger partial charge in [-0.05, 0) is 60.9 Å². The first kappa shape index (κ1) is 22.2. The number of anilines is 2. The highest BCUT2D eigenvalue weighted by Gasteiger charge is 2.38. The molecule has 34 heavy (non-hydrogen) atoms. The molecule has 1 fully saturated rings. The minimum atomic E-state index is -0.504. The highest BCUT2D eigenvalue weighted by molar-refractivity contribution is 7.22. The maximum Gasteiger partial charge on any atom is 0.234 e. The number of aromatic nitrogens is 1. The van der Waals surface area contributed by atoms with Crippen LogP contribution < -0.4 is 9.80 Å². The average molecular weight is 474 g/mol. The van der Waals surface area contributed by atoms with E-state index in [4.69, 9.17) is 4.98 Å². The zero-order chi connectivity index (χ0) is 23.8. The molecule has 0 N–H and O–H groups in total. The van der Waals surface area contributed by atoms with Crippen LogP contribution in [0.3, 0.4) is 0 Å². The van der Waals surface area contributed by atoms with E-state index >= 15 is 0 Å². The molecule has 1 aromatic heterocycles. The van der Waals surface area contributed by atoms with E-state index in [-0.39, 0.29) is 30.6 Å². The van der Waals surface area contributed by atoms with Crippen LogP contribution in [0.5, 0.6) is 0 Å². The van der Waals surface area contributed by atoms with Gasteiger partial charge in [-0.15, -0.1) is 0 Å². The third kappa shape index (κ3) is 4.31. The van der Waals surface area contributed by atoms with Crippen LogP contribution in [0.2, 0.25) is 0 Å². The number of aryl methyl sites for hydroxylation is 2. The minimum absolute atomic E-state index is 0.116. The third-order valence-corrected chi connectivity index (χ3v) is 7.33. The van der Waals surface area contributed by atoms with E-state index in [9.17, 15) is 14.0 Å². The van der Waals surface area contributed by atoms with Crippen LogP contribution >= 0.6 is 11.3 Å². The number of fused-ring (bicyclic) bond motifs is 1. The fourth-order valence-electron chi connectivity index (χ4n) is 4.45. The monoisotopic (exact) mass is 473 g/mol. The summed E-state index contributed by atoms with van der Waals surface area (Å²) in [6.45, 7) is 4.72. The van der Waals surface area contributed by atoms with Crippen molar-refractivity contribution in [3.8, 4) is 0 Å². The SMILES string of the molecule is Cc1cc(C)c2sc(N(Cc3ccccc3)C(=O)C3CC(=O)N(c4ccc(F)cc4)C3)nc2c1. The number of benzene rings is 3. The predicted molar refractivity (Wildman–Crippen MR) is 134 cm³/mol. The number of hydrogen-bond acceptors (Lipinski definition) is 4. The quantitative estimate of drug-likeness (QED) is 0.377. The Morgan fingerprint density at radius 3 is 2.59 bits per heavy atom. The van der Waals surface area contributed by atoms with Crippen molar-refractivity contribution in [2.45, 2.75) is 26.8 Å². The summed E-state index contributed by atoms with van der Waals surface area (Å²) in [5.74, 6) is -1.13. The first-order chi connectivity index (χ1) is 16.4. The van der Waals surface area contributed by atoms with Gasteiger partial charge in [0, 0.05) is 18.7 Å². The molecule has 2 amide bonds. The van der Waals surface area contributed by atoms with Crippen LogP contribution in [0.4, 0.5) is 15.2 Å². The molecule has 7 heteroatoms. The van der Waals surface area contributed by atoms with Crippen molar-refractivity contribution >= 4 is 44.2 Å². The third-order valence-electron chi connectivity index (χ3n) is 6.10. The lowest BCUT2D eigenvalue weighted by Gasteiger charge is -2.23. The molecule has 0 radical (unpaired) electrons. The van der Waals surface area contributed by atoms with Crippen molar-refractivity contribution in [3.05, 3.63) is 89.2 Å². The van der Waals surface area contributed by atoms with Crippen molar-refractivity contribution < 1.29 is 14.0 Å².